The molecule has 0 atom stereocenters. The number of nitrogens with zero attached hydrogens (tertiary/aromatic N) is 3. The topological polar surface area (TPSA) is 94.8 Å². The number of fused-ring (bicyclic) bond motifs is 1. The van der Waals surface area contributed by atoms with Gasteiger partial charge in [0.25, 0.3) is 0 Å². The molecular weight excluding hydrogens is 244 g/mol. The molecule has 2 rings (SSSR count). The first kappa shape index (κ1) is 13.1. The minimum absolute atomic E-state index is 0.117. The third kappa shape index (κ3) is 3.09. The van der Waals surface area contributed by atoms with E-state index in [1.807, 2.05) is 6.07 Å². The van der Waals surface area contributed by atoms with Gasteiger partial charge in [-0.05, 0) is 19.9 Å². The van der Waals surface area contributed by atoms with Gasteiger partial charge < -0.3 is 14.8 Å². The smallest absolute Gasteiger partial charge is 0.226 e. The molecule has 0 aliphatic heterocycles. The highest BCUT2D eigenvalue weighted by atomic mass is 16.5. The van der Waals surface area contributed by atoms with Gasteiger partial charge in [0.1, 0.15) is 18.6 Å². The molecule has 0 bridgehead atoms. The molecule has 2 aromatic rings. The van der Waals surface area contributed by atoms with E-state index in [0.717, 1.165) is 5.56 Å². The van der Waals surface area contributed by atoms with Crippen LogP contribution in [-0.4, -0.2) is 32.3 Å². The summed E-state index contributed by atoms with van der Waals surface area (Å²) in [6.45, 7) is 3.42. The molecule has 2 N–H and O–H groups in total. The summed E-state index contributed by atoms with van der Waals surface area (Å²) in [5.74, 6) is 0.381. The third-order valence-corrected chi connectivity index (χ3v) is 2.37. The standard InChI is InChI=1S/C13H14N4O2/c1-13(2,18)7-19-12-10-9(4-3-5-14)6-15-11(10)16-8-17-12/h3-4,6,8,18H,7H2,1-2H3,(H,15,16,17)/b4-3+. The van der Waals surface area contributed by atoms with E-state index in [9.17, 15) is 5.11 Å². The van der Waals surface area contributed by atoms with Crippen molar-refractivity contribution < 1.29 is 9.84 Å². The quantitative estimate of drug-likeness (QED) is 0.813. The van der Waals surface area contributed by atoms with Gasteiger partial charge in [0.05, 0.1) is 17.1 Å². The lowest BCUT2D eigenvalue weighted by Gasteiger charge is -2.17. The van der Waals surface area contributed by atoms with Crippen molar-refractivity contribution in [1.29, 1.82) is 5.26 Å². The summed E-state index contributed by atoms with van der Waals surface area (Å²) in [7, 11) is 0. The molecule has 0 radical (unpaired) electrons. The van der Waals surface area contributed by atoms with Gasteiger partial charge in [-0.2, -0.15) is 5.26 Å². The number of aromatic nitrogens is 3. The zero-order valence-electron chi connectivity index (χ0n) is 10.7. The molecule has 0 fully saturated rings. The monoisotopic (exact) mass is 258 g/mol. The lowest BCUT2D eigenvalue weighted by atomic mass is 10.2. The Morgan fingerprint density at radius 3 is 3.00 bits per heavy atom. The van der Waals surface area contributed by atoms with Gasteiger partial charge in [-0.15, -0.1) is 0 Å². The minimum atomic E-state index is -0.948. The predicted octanol–water partition coefficient (Wildman–Crippen LogP) is 1.64. The van der Waals surface area contributed by atoms with Crippen LogP contribution in [-0.2, 0) is 0 Å². The van der Waals surface area contributed by atoms with Gasteiger partial charge in [-0.3, -0.25) is 0 Å². The van der Waals surface area contributed by atoms with Crippen LogP contribution < -0.4 is 4.74 Å². The first-order valence-electron chi connectivity index (χ1n) is 5.75. The van der Waals surface area contributed by atoms with Crippen molar-refractivity contribution in [2.45, 2.75) is 19.4 Å². The fourth-order valence-corrected chi connectivity index (χ4v) is 1.57. The maximum absolute atomic E-state index is 9.68. The highest BCUT2D eigenvalue weighted by Gasteiger charge is 2.16. The van der Waals surface area contributed by atoms with E-state index in [4.69, 9.17) is 10.00 Å². The average molecular weight is 258 g/mol. The highest BCUT2D eigenvalue weighted by Crippen LogP contribution is 2.26. The van der Waals surface area contributed by atoms with E-state index in [0.29, 0.717) is 16.9 Å². The van der Waals surface area contributed by atoms with Crippen molar-refractivity contribution in [2.75, 3.05) is 6.61 Å². The summed E-state index contributed by atoms with van der Waals surface area (Å²) in [5, 5.41) is 18.9. The summed E-state index contributed by atoms with van der Waals surface area (Å²) in [6, 6.07) is 1.93. The highest BCUT2D eigenvalue weighted by molar-refractivity contribution is 5.90. The van der Waals surface area contributed by atoms with Gasteiger partial charge in [0.15, 0.2) is 0 Å². The summed E-state index contributed by atoms with van der Waals surface area (Å²) >= 11 is 0. The number of aliphatic hydroxyl groups is 1. The number of ether oxygens (including phenoxy) is 1. The Bertz CT molecular complexity index is 647. The van der Waals surface area contributed by atoms with Crippen LogP contribution in [0.3, 0.4) is 0 Å². The minimum Gasteiger partial charge on any atom is -0.474 e. The Balaban J connectivity index is 2.40. The fraction of sp³-hybridized carbons (Fsp3) is 0.308. The normalized spacial score (nSPS) is 11.9. The van der Waals surface area contributed by atoms with Crippen LogP contribution in [0.1, 0.15) is 19.4 Å². The van der Waals surface area contributed by atoms with E-state index in [-0.39, 0.29) is 6.61 Å². The maximum Gasteiger partial charge on any atom is 0.226 e. The van der Waals surface area contributed by atoms with Crippen molar-refractivity contribution in [2.24, 2.45) is 0 Å². The van der Waals surface area contributed by atoms with Crippen molar-refractivity contribution in [3.8, 4) is 11.9 Å². The van der Waals surface area contributed by atoms with Crippen LogP contribution in [0.25, 0.3) is 17.1 Å². The molecular formula is C13H14N4O2. The lowest BCUT2D eigenvalue weighted by molar-refractivity contribution is 0.0274. The second-order valence-electron chi connectivity index (χ2n) is 4.71. The van der Waals surface area contributed by atoms with Crippen LogP contribution in [0.4, 0.5) is 0 Å². The first-order valence-corrected chi connectivity index (χ1v) is 5.75. The Morgan fingerprint density at radius 1 is 1.53 bits per heavy atom. The van der Waals surface area contributed by atoms with Crippen LogP contribution in [0, 0.1) is 11.3 Å². The van der Waals surface area contributed by atoms with E-state index in [1.54, 1.807) is 26.1 Å². The predicted molar refractivity (Wildman–Crippen MR) is 70.3 cm³/mol. The molecule has 2 heterocycles. The average Bonchev–Trinajstić information content (AvgIpc) is 2.76. The number of rotatable bonds is 4. The SMILES string of the molecule is CC(C)(O)COc1ncnc2[nH]cc(/C=C/C#N)c12. The molecule has 0 aliphatic carbocycles. The number of H-pyrrole nitrogens is 1. The Kier molecular flexibility index (Phi) is 3.49. The summed E-state index contributed by atoms with van der Waals surface area (Å²) < 4.78 is 5.52. The van der Waals surface area contributed by atoms with Gasteiger partial charge in [-0.25, -0.2) is 9.97 Å². The van der Waals surface area contributed by atoms with E-state index >= 15 is 0 Å². The van der Waals surface area contributed by atoms with Crippen molar-refractivity contribution in [3.05, 3.63) is 24.2 Å². The van der Waals surface area contributed by atoms with Crippen molar-refractivity contribution in [3.63, 3.8) is 0 Å². The molecule has 0 spiro atoms. The second-order valence-corrected chi connectivity index (χ2v) is 4.71. The molecule has 19 heavy (non-hydrogen) atoms. The molecule has 0 unspecified atom stereocenters. The van der Waals surface area contributed by atoms with Gasteiger partial charge >= 0.3 is 0 Å². The van der Waals surface area contributed by atoms with Gasteiger partial charge in [-0.1, -0.05) is 0 Å². The van der Waals surface area contributed by atoms with Crippen LogP contribution in [0.5, 0.6) is 5.88 Å². The Labute approximate surface area is 110 Å². The molecule has 6 heteroatoms. The van der Waals surface area contributed by atoms with Crippen molar-refractivity contribution in [1.82, 2.24) is 15.0 Å². The molecule has 98 valence electrons. The number of hydrogen-bond donors (Lipinski definition) is 2. The van der Waals surface area contributed by atoms with Gasteiger partial charge in [0.2, 0.25) is 5.88 Å². The molecule has 2 aromatic heterocycles. The zero-order chi connectivity index (χ0) is 13.9. The van der Waals surface area contributed by atoms with E-state index in [1.165, 1.54) is 12.4 Å². The van der Waals surface area contributed by atoms with Gasteiger partial charge in [0, 0.05) is 17.8 Å². The Morgan fingerprint density at radius 2 is 2.32 bits per heavy atom. The number of allylic oxidation sites excluding steroid dienone is 1. The molecule has 0 aromatic carbocycles. The fourth-order valence-electron chi connectivity index (χ4n) is 1.57. The summed E-state index contributed by atoms with van der Waals surface area (Å²) in [4.78, 5) is 11.1. The summed E-state index contributed by atoms with van der Waals surface area (Å²) in [5.41, 5.74) is 0.442. The number of aromatic amines is 1. The van der Waals surface area contributed by atoms with Crippen LogP contribution >= 0.6 is 0 Å². The van der Waals surface area contributed by atoms with Crippen LogP contribution in [0.2, 0.25) is 0 Å². The van der Waals surface area contributed by atoms with E-state index < -0.39 is 5.60 Å². The molecule has 0 aliphatic rings. The van der Waals surface area contributed by atoms with Crippen molar-refractivity contribution >= 4 is 17.1 Å². The molecule has 0 amide bonds. The third-order valence-electron chi connectivity index (χ3n) is 2.37. The molecule has 0 saturated carbocycles. The number of hydrogen-bond acceptors (Lipinski definition) is 5. The maximum atomic E-state index is 9.68. The largest absolute Gasteiger partial charge is 0.474 e. The van der Waals surface area contributed by atoms with Crippen LogP contribution in [0.15, 0.2) is 18.6 Å². The Hall–Kier alpha value is -2.39. The number of nitriles is 1. The molecule has 6 nitrogen and oxygen atoms in total. The first-order chi connectivity index (χ1) is 9.01. The lowest BCUT2D eigenvalue weighted by Crippen LogP contribution is -2.28. The zero-order valence-corrected chi connectivity index (χ0v) is 10.7. The number of nitrogens with one attached hydrogen (secondary N) is 1. The second kappa shape index (κ2) is 5.08. The van der Waals surface area contributed by atoms with E-state index in [2.05, 4.69) is 15.0 Å². The summed E-state index contributed by atoms with van der Waals surface area (Å²) in [6.07, 6.45) is 6.13. The molecule has 0 saturated heterocycles.